The van der Waals surface area contributed by atoms with Crippen molar-refractivity contribution in [1.29, 1.82) is 0 Å². The van der Waals surface area contributed by atoms with E-state index in [0.717, 1.165) is 0 Å². The van der Waals surface area contributed by atoms with Crippen molar-refractivity contribution in [1.82, 2.24) is 0 Å². The Morgan fingerprint density at radius 2 is 1.50 bits per heavy atom. The fourth-order valence-corrected chi connectivity index (χ4v) is 3.80. The zero-order valence-corrected chi connectivity index (χ0v) is 12.5. The van der Waals surface area contributed by atoms with E-state index in [2.05, 4.69) is 6.58 Å². The highest BCUT2D eigenvalue weighted by atomic mass is 19.2. The summed E-state index contributed by atoms with van der Waals surface area (Å²) in [6.07, 6.45) is -5.53. The molecule has 2 aliphatic rings. The molecule has 0 saturated heterocycles. The monoisotopic (exact) mass is 324 g/mol. The summed E-state index contributed by atoms with van der Waals surface area (Å²) in [4.78, 5) is 0. The highest BCUT2D eigenvalue weighted by Crippen LogP contribution is 2.44. The predicted octanol–water partition coefficient (Wildman–Crippen LogP) is 3.34. The maximum absolute atomic E-state index is 14.4. The van der Waals surface area contributed by atoms with Crippen LogP contribution in [0.4, 0.5) is 17.6 Å². The lowest BCUT2D eigenvalue weighted by atomic mass is 9.68. The number of hydrogen-bond acceptors (Lipinski definition) is 2. The van der Waals surface area contributed by atoms with Gasteiger partial charge in [0, 0.05) is 12.5 Å². The van der Waals surface area contributed by atoms with Crippen LogP contribution in [0.3, 0.4) is 0 Å². The summed E-state index contributed by atoms with van der Waals surface area (Å²) in [5.74, 6) is -2.39. The van der Waals surface area contributed by atoms with Gasteiger partial charge in [0.2, 0.25) is 0 Å². The third-order valence-corrected chi connectivity index (χ3v) is 5.10. The van der Waals surface area contributed by atoms with Crippen LogP contribution in [0.15, 0.2) is 12.7 Å². The molecule has 1 N–H and O–H groups in total. The molecule has 0 bridgehead atoms. The Morgan fingerprint density at radius 1 is 0.909 bits per heavy atom. The van der Waals surface area contributed by atoms with E-state index >= 15 is 0 Å². The van der Waals surface area contributed by atoms with Crippen molar-refractivity contribution in [3.05, 3.63) is 12.7 Å². The van der Waals surface area contributed by atoms with E-state index in [-0.39, 0.29) is 19.4 Å². The molecule has 0 aromatic heterocycles. The lowest BCUT2D eigenvalue weighted by Crippen LogP contribution is -2.50. The molecule has 0 heterocycles. The molecule has 22 heavy (non-hydrogen) atoms. The van der Waals surface area contributed by atoms with Crippen molar-refractivity contribution >= 4 is 0 Å². The van der Waals surface area contributed by atoms with E-state index in [1.54, 1.807) is 0 Å². The molecule has 2 rings (SSSR count). The van der Waals surface area contributed by atoms with E-state index in [1.165, 1.54) is 6.08 Å². The van der Waals surface area contributed by atoms with Gasteiger partial charge in [-0.15, -0.1) is 6.58 Å². The van der Waals surface area contributed by atoms with Gasteiger partial charge in [0.1, 0.15) is 18.5 Å². The third-order valence-electron chi connectivity index (χ3n) is 5.10. The van der Waals surface area contributed by atoms with E-state index < -0.39 is 55.2 Å². The summed E-state index contributed by atoms with van der Waals surface area (Å²) in [6.45, 7) is 3.18. The summed E-state index contributed by atoms with van der Waals surface area (Å²) in [5, 5.41) is 9.02. The molecule has 128 valence electrons. The van der Waals surface area contributed by atoms with Crippen LogP contribution in [0.25, 0.3) is 0 Å². The maximum Gasteiger partial charge on any atom is 0.157 e. The lowest BCUT2D eigenvalue weighted by Gasteiger charge is -2.43. The minimum atomic E-state index is -1.84. The van der Waals surface area contributed by atoms with E-state index in [4.69, 9.17) is 9.84 Å². The second kappa shape index (κ2) is 7.77. The van der Waals surface area contributed by atoms with Crippen molar-refractivity contribution in [2.45, 2.75) is 56.5 Å². The molecule has 0 aromatic rings. The van der Waals surface area contributed by atoms with Crippen LogP contribution >= 0.6 is 0 Å². The molecule has 0 aliphatic heterocycles. The van der Waals surface area contributed by atoms with Gasteiger partial charge in [0.05, 0.1) is 12.7 Å². The van der Waals surface area contributed by atoms with E-state index in [9.17, 15) is 17.6 Å². The Balaban J connectivity index is 2.00. The number of halogens is 4. The molecule has 0 amide bonds. The van der Waals surface area contributed by atoms with Crippen LogP contribution in [0.1, 0.15) is 25.7 Å². The molecule has 8 atom stereocenters. The topological polar surface area (TPSA) is 29.5 Å². The van der Waals surface area contributed by atoms with Crippen LogP contribution in [-0.4, -0.2) is 49.1 Å². The number of alkyl halides is 4. The fraction of sp³-hybridized carbons (Fsp3) is 0.875. The Hall–Kier alpha value is -0.620. The largest absolute Gasteiger partial charge is 0.396 e. The van der Waals surface area contributed by atoms with Crippen LogP contribution in [0.5, 0.6) is 0 Å². The van der Waals surface area contributed by atoms with Crippen molar-refractivity contribution in [2.24, 2.45) is 17.8 Å². The third kappa shape index (κ3) is 3.48. The van der Waals surface area contributed by atoms with Gasteiger partial charge >= 0.3 is 0 Å². The van der Waals surface area contributed by atoms with Crippen LogP contribution in [0, 0.1) is 17.8 Å². The minimum Gasteiger partial charge on any atom is -0.396 e. The first-order valence-corrected chi connectivity index (χ1v) is 7.90. The zero-order chi connectivity index (χ0) is 16.3. The van der Waals surface area contributed by atoms with Crippen molar-refractivity contribution in [3.8, 4) is 0 Å². The second-order valence-electron chi connectivity index (χ2n) is 6.36. The fourth-order valence-electron chi connectivity index (χ4n) is 3.80. The molecular weight excluding hydrogens is 300 g/mol. The van der Waals surface area contributed by atoms with Gasteiger partial charge in [-0.25, -0.2) is 17.6 Å². The summed E-state index contributed by atoms with van der Waals surface area (Å²) in [6, 6.07) is 0. The quantitative estimate of drug-likeness (QED) is 0.621. The average Bonchev–Trinajstić information content (AvgIpc) is 2.52. The molecule has 6 heteroatoms. The summed E-state index contributed by atoms with van der Waals surface area (Å²) >= 11 is 0. The van der Waals surface area contributed by atoms with Gasteiger partial charge in [-0.1, -0.05) is 6.08 Å². The van der Waals surface area contributed by atoms with E-state index in [0.29, 0.717) is 12.8 Å². The van der Waals surface area contributed by atoms with Crippen LogP contribution < -0.4 is 0 Å². The zero-order valence-electron chi connectivity index (χ0n) is 12.5. The number of aliphatic hydroxyl groups is 1. The van der Waals surface area contributed by atoms with Crippen molar-refractivity contribution in [3.63, 3.8) is 0 Å². The molecule has 2 nitrogen and oxygen atoms in total. The highest BCUT2D eigenvalue weighted by Gasteiger charge is 2.50. The molecule has 0 radical (unpaired) electrons. The average molecular weight is 324 g/mol. The first-order valence-electron chi connectivity index (χ1n) is 7.90. The molecule has 0 spiro atoms. The SMILES string of the molecule is C=CCOC1CCC(C2CCC(CO)C(F)C2F)C(F)C1F. The first kappa shape index (κ1) is 17.7. The van der Waals surface area contributed by atoms with Gasteiger partial charge < -0.3 is 9.84 Å². The molecular formula is C16H24F4O2. The Bertz CT molecular complexity index is 368. The lowest BCUT2D eigenvalue weighted by molar-refractivity contribution is -0.102. The van der Waals surface area contributed by atoms with Crippen LogP contribution in [0.2, 0.25) is 0 Å². The number of hydrogen-bond donors (Lipinski definition) is 1. The maximum atomic E-state index is 14.4. The number of rotatable bonds is 5. The van der Waals surface area contributed by atoms with Gasteiger partial charge in [-0.3, -0.25) is 0 Å². The van der Waals surface area contributed by atoms with Gasteiger partial charge in [-0.05, 0) is 37.5 Å². The Labute approximate surface area is 128 Å². The second-order valence-corrected chi connectivity index (χ2v) is 6.36. The van der Waals surface area contributed by atoms with Gasteiger partial charge in [-0.2, -0.15) is 0 Å². The van der Waals surface area contributed by atoms with Crippen molar-refractivity contribution in [2.75, 3.05) is 13.2 Å². The molecule has 2 aliphatic carbocycles. The normalized spacial score (nSPS) is 46.4. The number of aliphatic hydroxyl groups excluding tert-OH is 1. The predicted molar refractivity (Wildman–Crippen MR) is 75.5 cm³/mol. The molecule has 0 aromatic carbocycles. The standard InChI is InChI=1S/C16H24F4O2/c1-2-7-22-12-6-5-11(15(19)16(12)20)10-4-3-9(8-21)13(17)14(10)18/h2,9-16,21H,1,3-8H2. The highest BCUT2D eigenvalue weighted by molar-refractivity contribution is 4.98. The first-order chi connectivity index (χ1) is 10.5. The summed E-state index contributed by atoms with van der Waals surface area (Å²) < 4.78 is 61.9. The van der Waals surface area contributed by atoms with E-state index in [1.807, 2.05) is 0 Å². The summed E-state index contributed by atoms with van der Waals surface area (Å²) in [7, 11) is 0. The smallest absolute Gasteiger partial charge is 0.157 e. The minimum absolute atomic E-state index is 0.141. The van der Waals surface area contributed by atoms with Gasteiger partial charge in [0.25, 0.3) is 0 Å². The molecule has 2 saturated carbocycles. The van der Waals surface area contributed by atoms with Crippen molar-refractivity contribution < 1.29 is 27.4 Å². The molecule has 2 fully saturated rings. The molecule has 8 unspecified atom stereocenters. The van der Waals surface area contributed by atoms with Gasteiger partial charge in [0.15, 0.2) is 6.17 Å². The Kier molecular flexibility index (Phi) is 6.26. The summed E-state index contributed by atoms with van der Waals surface area (Å²) in [5.41, 5.74) is 0. The Morgan fingerprint density at radius 3 is 2.09 bits per heavy atom. The number of ether oxygens (including phenoxy) is 1. The van der Waals surface area contributed by atoms with Crippen LogP contribution in [-0.2, 0) is 4.74 Å².